The molecule has 2 aromatic carbocycles. The second kappa shape index (κ2) is 10.6. The van der Waals surface area contributed by atoms with Gasteiger partial charge in [0.15, 0.2) is 0 Å². The number of nitrogens with zero attached hydrogens (tertiary/aromatic N) is 2. The number of likely N-dealkylation sites (tertiary alicyclic amines) is 1. The molecule has 7 heteroatoms. The van der Waals surface area contributed by atoms with E-state index in [-0.39, 0.29) is 11.8 Å². The van der Waals surface area contributed by atoms with Crippen LogP contribution in [0.5, 0.6) is 0 Å². The number of hydrogen-bond donors (Lipinski definition) is 1. The standard InChI is InChI=1S/C25H33N3O3S/c29-25(23-13-17-28(18-14-23)32(30,31)24-7-3-1-4-8-24)26-19-21-9-11-22(12-10-21)20-27-15-5-2-6-16-27/h1,3-4,7-12,23H,2,5-6,13-20H2,(H,26,29). The Kier molecular flexibility index (Phi) is 7.60. The van der Waals surface area contributed by atoms with Gasteiger partial charge in [0.25, 0.3) is 0 Å². The van der Waals surface area contributed by atoms with Gasteiger partial charge in [0, 0.05) is 32.1 Å². The van der Waals surface area contributed by atoms with Gasteiger partial charge in [-0.1, -0.05) is 48.9 Å². The third kappa shape index (κ3) is 5.77. The van der Waals surface area contributed by atoms with Gasteiger partial charge < -0.3 is 5.32 Å². The summed E-state index contributed by atoms with van der Waals surface area (Å²) in [7, 11) is -3.48. The number of nitrogens with one attached hydrogen (secondary N) is 1. The molecule has 0 bridgehead atoms. The number of amides is 1. The molecule has 1 amide bonds. The van der Waals surface area contributed by atoms with E-state index in [2.05, 4.69) is 34.5 Å². The molecular weight excluding hydrogens is 422 g/mol. The summed E-state index contributed by atoms with van der Waals surface area (Å²) in [6.45, 7) is 4.62. The average molecular weight is 456 g/mol. The molecule has 0 unspecified atom stereocenters. The number of carbonyl (C=O) groups excluding carboxylic acids is 1. The van der Waals surface area contributed by atoms with E-state index in [4.69, 9.17) is 0 Å². The summed E-state index contributed by atoms with van der Waals surface area (Å²) in [5.74, 6) is -0.130. The van der Waals surface area contributed by atoms with Crippen LogP contribution in [0.25, 0.3) is 0 Å². The summed E-state index contributed by atoms with van der Waals surface area (Å²) in [6, 6.07) is 17.0. The predicted molar refractivity (Wildman–Crippen MR) is 125 cm³/mol. The topological polar surface area (TPSA) is 69.7 Å². The normalized spacial score (nSPS) is 19.0. The fourth-order valence-corrected chi connectivity index (χ4v) is 6.06. The molecule has 0 radical (unpaired) electrons. The van der Waals surface area contributed by atoms with Gasteiger partial charge in [0.2, 0.25) is 15.9 Å². The molecular formula is C25H33N3O3S. The van der Waals surface area contributed by atoms with Crippen molar-refractivity contribution in [1.29, 1.82) is 0 Å². The molecule has 2 fully saturated rings. The molecule has 32 heavy (non-hydrogen) atoms. The third-order valence-corrected chi connectivity index (χ3v) is 8.46. The van der Waals surface area contributed by atoms with Crippen molar-refractivity contribution < 1.29 is 13.2 Å². The number of hydrogen-bond acceptors (Lipinski definition) is 4. The first-order chi connectivity index (χ1) is 15.5. The lowest BCUT2D eigenvalue weighted by atomic mass is 9.97. The van der Waals surface area contributed by atoms with Crippen molar-refractivity contribution >= 4 is 15.9 Å². The van der Waals surface area contributed by atoms with E-state index in [0.29, 0.717) is 37.4 Å². The molecule has 172 valence electrons. The second-order valence-electron chi connectivity index (χ2n) is 8.86. The molecule has 2 aliphatic heterocycles. The zero-order valence-electron chi connectivity index (χ0n) is 18.6. The average Bonchev–Trinajstić information content (AvgIpc) is 2.85. The molecule has 0 spiro atoms. The molecule has 0 aromatic heterocycles. The van der Waals surface area contributed by atoms with Crippen molar-refractivity contribution in [3.05, 3.63) is 65.7 Å². The molecule has 2 heterocycles. The summed E-state index contributed by atoms with van der Waals surface area (Å²) in [4.78, 5) is 15.5. The minimum Gasteiger partial charge on any atom is -0.352 e. The third-order valence-electron chi connectivity index (χ3n) is 6.55. The van der Waals surface area contributed by atoms with Crippen molar-refractivity contribution in [2.24, 2.45) is 5.92 Å². The minimum absolute atomic E-state index is 0.0131. The van der Waals surface area contributed by atoms with Gasteiger partial charge in [-0.15, -0.1) is 0 Å². The van der Waals surface area contributed by atoms with Crippen LogP contribution in [-0.4, -0.2) is 49.7 Å². The fraction of sp³-hybridized carbons (Fsp3) is 0.480. The SMILES string of the molecule is O=C(NCc1ccc(CN2CCCCC2)cc1)C1CCN(S(=O)(=O)c2ccccc2)CC1. The van der Waals surface area contributed by atoms with Gasteiger partial charge in [0.05, 0.1) is 4.90 Å². The highest BCUT2D eigenvalue weighted by Gasteiger charge is 2.31. The van der Waals surface area contributed by atoms with Crippen LogP contribution in [0.3, 0.4) is 0 Å². The van der Waals surface area contributed by atoms with Gasteiger partial charge in [-0.05, 0) is 62.0 Å². The number of benzene rings is 2. The first-order valence-electron chi connectivity index (χ1n) is 11.7. The lowest BCUT2D eigenvalue weighted by molar-refractivity contribution is -0.126. The summed E-state index contributed by atoms with van der Waals surface area (Å²) < 4.78 is 27.0. The lowest BCUT2D eigenvalue weighted by Crippen LogP contribution is -2.42. The van der Waals surface area contributed by atoms with Crippen LogP contribution in [0.2, 0.25) is 0 Å². The van der Waals surface area contributed by atoms with Gasteiger partial charge in [0.1, 0.15) is 0 Å². The summed E-state index contributed by atoms with van der Waals surface area (Å²) in [6.07, 6.45) is 5.03. The lowest BCUT2D eigenvalue weighted by Gasteiger charge is -2.30. The van der Waals surface area contributed by atoms with Crippen LogP contribution in [0, 0.1) is 5.92 Å². The van der Waals surface area contributed by atoms with Gasteiger partial charge in [-0.2, -0.15) is 4.31 Å². The predicted octanol–water partition coefficient (Wildman–Crippen LogP) is 3.39. The summed E-state index contributed by atoms with van der Waals surface area (Å²) >= 11 is 0. The van der Waals surface area contributed by atoms with Crippen LogP contribution in [0.15, 0.2) is 59.5 Å². The molecule has 6 nitrogen and oxygen atoms in total. The van der Waals surface area contributed by atoms with Crippen LogP contribution in [0.4, 0.5) is 0 Å². The number of rotatable bonds is 7. The highest BCUT2D eigenvalue weighted by molar-refractivity contribution is 7.89. The summed E-state index contributed by atoms with van der Waals surface area (Å²) in [5.41, 5.74) is 2.40. The Morgan fingerprint density at radius 1 is 0.844 bits per heavy atom. The first-order valence-corrected chi connectivity index (χ1v) is 13.1. The maximum atomic E-state index is 12.8. The van der Waals surface area contributed by atoms with Crippen LogP contribution in [0.1, 0.15) is 43.2 Å². The smallest absolute Gasteiger partial charge is 0.243 e. The maximum Gasteiger partial charge on any atom is 0.243 e. The molecule has 0 saturated carbocycles. The Labute approximate surface area is 191 Å². The van der Waals surface area contributed by atoms with Gasteiger partial charge in [-0.3, -0.25) is 9.69 Å². The highest BCUT2D eigenvalue weighted by Crippen LogP contribution is 2.24. The fourth-order valence-electron chi connectivity index (χ4n) is 4.57. The van der Waals surface area contributed by atoms with E-state index >= 15 is 0 Å². The van der Waals surface area contributed by atoms with Crippen molar-refractivity contribution in [3.63, 3.8) is 0 Å². The zero-order valence-corrected chi connectivity index (χ0v) is 19.4. The maximum absolute atomic E-state index is 12.8. The van der Waals surface area contributed by atoms with Gasteiger partial charge >= 0.3 is 0 Å². The van der Waals surface area contributed by atoms with Crippen molar-refractivity contribution in [3.8, 4) is 0 Å². The van der Waals surface area contributed by atoms with Crippen LogP contribution in [-0.2, 0) is 27.9 Å². The molecule has 2 aliphatic rings. The van der Waals surface area contributed by atoms with E-state index in [1.807, 2.05) is 0 Å². The summed E-state index contributed by atoms with van der Waals surface area (Å²) in [5, 5.41) is 3.04. The molecule has 0 aliphatic carbocycles. The first kappa shape index (κ1) is 23.0. The van der Waals surface area contributed by atoms with Crippen molar-refractivity contribution in [2.75, 3.05) is 26.2 Å². The molecule has 1 N–H and O–H groups in total. The van der Waals surface area contributed by atoms with E-state index < -0.39 is 10.0 Å². The Balaban J connectivity index is 1.23. The Morgan fingerprint density at radius 3 is 2.12 bits per heavy atom. The van der Waals surface area contributed by atoms with Crippen molar-refractivity contribution in [1.82, 2.24) is 14.5 Å². The number of sulfonamides is 1. The quantitative estimate of drug-likeness (QED) is 0.695. The Morgan fingerprint density at radius 2 is 1.47 bits per heavy atom. The largest absolute Gasteiger partial charge is 0.352 e. The van der Waals surface area contributed by atoms with Crippen LogP contribution >= 0.6 is 0 Å². The highest BCUT2D eigenvalue weighted by atomic mass is 32.2. The number of carbonyl (C=O) groups is 1. The molecule has 0 atom stereocenters. The van der Waals surface area contributed by atoms with Crippen LogP contribution < -0.4 is 5.32 Å². The number of piperidine rings is 2. The molecule has 4 rings (SSSR count). The Bertz CT molecular complexity index is 979. The Hall–Kier alpha value is -2.22. The van der Waals surface area contributed by atoms with E-state index in [0.717, 1.165) is 12.1 Å². The van der Waals surface area contributed by atoms with E-state index in [1.165, 1.54) is 42.2 Å². The second-order valence-corrected chi connectivity index (χ2v) is 10.8. The van der Waals surface area contributed by atoms with E-state index in [1.54, 1.807) is 30.3 Å². The monoisotopic (exact) mass is 455 g/mol. The minimum atomic E-state index is -3.48. The van der Waals surface area contributed by atoms with Crippen molar-refractivity contribution in [2.45, 2.75) is 50.1 Å². The molecule has 2 saturated heterocycles. The van der Waals surface area contributed by atoms with Gasteiger partial charge in [-0.25, -0.2) is 8.42 Å². The van der Waals surface area contributed by atoms with E-state index in [9.17, 15) is 13.2 Å². The zero-order chi connectivity index (χ0) is 22.4. The molecule has 2 aromatic rings.